The minimum absolute atomic E-state index is 0.0739. The Bertz CT molecular complexity index is 1280. The van der Waals surface area contributed by atoms with Gasteiger partial charge in [-0.3, -0.25) is 4.79 Å². The van der Waals surface area contributed by atoms with E-state index >= 15 is 0 Å². The van der Waals surface area contributed by atoms with Crippen LogP contribution in [0.4, 0.5) is 0 Å². The van der Waals surface area contributed by atoms with E-state index in [0.29, 0.717) is 23.6 Å². The summed E-state index contributed by atoms with van der Waals surface area (Å²) >= 11 is 0. The number of aromatic nitrogens is 1. The molecular weight excluding hydrogens is 454 g/mol. The Morgan fingerprint density at radius 1 is 0.917 bits per heavy atom. The van der Waals surface area contributed by atoms with Gasteiger partial charge >= 0.3 is 5.97 Å². The molecule has 1 heterocycles. The summed E-state index contributed by atoms with van der Waals surface area (Å²) in [5, 5.41) is 24.2. The molecule has 186 valence electrons. The van der Waals surface area contributed by atoms with Crippen LogP contribution < -0.4 is 0 Å². The first-order valence-corrected chi connectivity index (χ1v) is 12.0. The third kappa shape index (κ3) is 5.73. The van der Waals surface area contributed by atoms with Crippen LogP contribution in [-0.4, -0.2) is 27.9 Å². The van der Waals surface area contributed by atoms with E-state index in [9.17, 15) is 15.0 Å². The number of carboxylic acids is 1. The summed E-state index contributed by atoms with van der Waals surface area (Å²) in [5.41, 5.74) is 6.17. The molecule has 3 atom stereocenters. The Morgan fingerprint density at radius 3 is 2.11 bits per heavy atom. The molecule has 0 aliphatic carbocycles. The second kappa shape index (κ2) is 11.3. The predicted molar refractivity (Wildman–Crippen MR) is 138 cm³/mol. The first-order valence-electron chi connectivity index (χ1n) is 12.0. The highest BCUT2D eigenvalue weighted by molar-refractivity contribution is 5.72. The lowest BCUT2D eigenvalue weighted by atomic mass is 9.88. The number of aliphatic hydroxyl groups excluding tert-OH is 1. The van der Waals surface area contributed by atoms with Gasteiger partial charge in [0.15, 0.2) is 5.76 Å². The molecule has 0 spiro atoms. The number of nitrogens with zero attached hydrogens (tertiary/aromatic N) is 1. The van der Waals surface area contributed by atoms with Crippen molar-refractivity contribution in [2.45, 2.75) is 39.4 Å². The molecule has 4 aromatic rings. The van der Waals surface area contributed by atoms with Crippen LogP contribution >= 0.6 is 0 Å². The third-order valence-corrected chi connectivity index (χ3v) is 6.69. The monoisotopic (exact) mass is 485 g/mol. The van der Waals surface area contributed by atoms with E-state index in [-0.39, 0.29) is 12.5 Å². The summed E-state index contributed by atoms with van der Waals surface area (Å²) < 4.78 is 11.3. The predicted octanol–water partition coefficient (Wildman–Crippen LogP) is 6.39. The topological polar surface area (TPSA) is 92.8 Å². The molecule has 0 radical (unpaired) electrons. The van der Waals surface area contributed by atoms with Crippen LogP contribution in [0.1, 0.15) is 48.3 Å². The molecule has 4 rings (SSSR count). The lowest BCUT2D eigenvalue weighted by molar-refractivity contribution is -0.141. The van der Waals surface area contributed by atoms with Gasteiger partial charge in [0.05, 0.1) is 30.4 Å². The van der Waals surface area contributed by atoms with Gasteiger partial charge in [-0.1, -0.05) is 97.9 Å². The van der Waals surface area contributed by atoms with Crippen molar-refractivity contribution < 1.29 is 24.3 Å². The fraction of sp³-hybridized carbons (Fsp3) is 0.267. The number of hydrogen-bond donors (Lipinski definition) is 2. The normalized spacial score (nSPS) is 13.8. The molecule has 0 aliphatic rings. The molecular formula is C30H31NO5. The lowest BCUT2D eigenvalue weighted by Gasteiger charge is -2.16. The van der Waals surface area contributed by atoms with E-state index in [0.717, 1.165) is 27.8 Å². The SMILES string of the molecule is Cc1noc(-c2ccc(-c3ccc(C(C)C(C)C(=O)O)cc3)cc2)c1[C@@H](O)COCc1ccccc1. The highest BCUT2D eigenvalue weighted by Crippen LogP contribution is 2.33. The van der Waals surface area contributed by atoms with Crippen molar-refractivity contribution in [3.8, 4) is 22.5 Å². The number of hydrogen-bond acceptors (Lipinski definition) is 5. The van der Waals surface area contributed by atoms with Crippen LogP contribution in [0.15, 0.2) is 83.4 Å². The fourth-order valence-corrected chi connectivity index (χ4v) is 4.22. The quantitative estimate of drug-likeness (QED) is 0.270. The Hall–Kier alpha value is -3.74. The molecule has 0 saturated heterocycles. The molecule has 6 heteroatoms. The molecule has 0 bridgehead atoms. The molecule has 3 aromatic carbocycles. The van der Waals surface area contributed by atoms with Gasteiger partial charge < -0.3 is 19.5 Å². The van der Waals surface area contributed by atoms with Crippen molar-refractivity contribution in [2.24, 2.45) is 5.92 Å². The molecule has 0 amide bonds. The second-order valence-corrected chi connectivity index (χ2v) is 9.14. The molecule has 2 unspecified atom stereocenters. The molecule has 2 N–H and O–H groups in total. The summed E-state index contributed by atoms with van der Waals surface area (Å²) in [7, 11) is 0. The van der Waals surface area contributed by atoms with Crippen LogP contribution in [0.2, 0.25) is 0 Å². The Labute approximate surface area is 211 Å². The van der Waals surface area contributed by atoms with Gasteiger partial charge in [-0.15, -0.1) is 0 Å². The third-order valence-electron chi connectivity index (χ3n) is 6.69. The lowest BCUT2D eigenvalue weighted by Crippen LogP contribution is -2.16. The number of carbonyl (C=O) groups is 1. The van der Waals surface area contributed by atoms with E-state index in [4.69, 9.17) is 9.26 Å². The number of aliphatic hydroxyl groups is 1. The Kier molecular flexibility index (Phi) is 7.98. The fourth-order valence-electron chi connectivity index (χ4n) is 4.22. The van der Waals surface area contributed by atoms with Crippen LogP contribution in [0.5, 0.6) is 0 Å². The van der Waals surface area contributed by atoms with E-state index in [2.05, 4.69) is 5.16 Å². The van der Waals surface area contributed by atoms with Gasteiger partial charge in [-0.2, -0.15) is 0 Å². The maximum absolute atomic E-state index is 11.3. The zero-order valence-electron chi connectivity index (χ0n) is 20.7. The number of aliphatic carboxylic acids is 1. The van der Waals surface area contributed by atoms with Gasteiger partial charge in [0.25, 0.3) is 0 Å². The number of benzene rings is 3. The first-order chi connectivity index (χ1) is 17.3. The van der Waals surface area contributed by atoms with Crippen LogP contribution in [0.3, 0.4) is 0 Å². The molecule has 0 aliphatic heterocycles. The minimum atomic E-state index is -0.864. The van der Waals surface area contributed by atoms with E-state index in [1.54, 1.807) is 6.92 Å². The summed E-state index contributed by atoms with van der Waals surface area (Å²) in [6, 6.07) is 25.7. The minimum Gasteiger partial charge on any atom is -0.481 e. The van der Waals surface area contributed by atoms with E-state index in [1.807, 2.05) is 92.7 Å². The number of aryl methyl sites for hydroxylation is 1. The van der Waals surface area contributed by atoms with Gasteiger partial charge in [-0.25, -0.2) is 0 Å². The summed E-state index contributed by atoms with van der Waals surface area (Å²) in [5.74, 6) is -0.789. The van der Waals surface area contributed by atoms with Crippen molar-refractivity contribution >= 4 is 5.97 Å². The van der Waals surface area contributed by atoms with Gasteiger partial charge in [0.2, 0.25) is 0 Å². The molecule has 0 fully saturated rings. The van der Waals surface area contributed by atoms with Crippen LogP contribution in [0.25, 0.3) is 22.5 Å². The van der Waals surface area contributed by atoms with Gasteiger partial charge in [0, 0.05) is 5.56 Å². The van der Waals surface area contributed by atoms with Crippen molar-refractivity contribution in [1.29, 1.82) is 0 Å². The van der Waals surface area contributed by atoms with E-state index < -0.39 is 18.0 Å². The average Bonchev–Trinajstić information content (AvgIpc) is 3.30. The van der Waals surface area contributed by atoms with Gasteiger partial charge in [0.1, 0.15) is 6.10 Å². The highest BCUT2D eigenvalue weighted by Gasteiger charge is 2.23. The van der Waals surface area contributed by atoms with Crippen LogP contribution in [-0.2, 0) is 16.1 Å². The highest BCUT2D eigenvalue weighted by atomic mass is 16.5. The standard InChI is InChI=1S/C30H31NO5/c1-19(20(2)30(33)34)23-9-11-24(12-10-23)25-13-15-26(16-14-25)29-28(21(3)31-36-29)27(32)18-35-17-22-7-5-4-6-8-22/h4-16,19-20,27,32H,17-18H2,1-3H3,(H,33,34)/t19?,20?,27-/m0/s1. The van der Waals surface area contributed by atoms with Crippen molar-refractivity contribution in [1.82, 2.24) is 5.16 Å². The Morgan fingerprint density at radius 2 is 1.50 bits per heavy atom. The maximum atomic E-state index is 11.3. The number of carboxylic acid groups (broad SMARTS) is 1. The average molecular weight is 486 g/mol. The van der Waals surface area contributed by atoms with Crippen LogP contribution in [0, 0.1) is 12.8 Å². The molecule has 1 aromatic heterocycles. The maximum Gasteiger partial charge on any atom is 0.306 e. The smallest absolute Gasteiger partial charge is 0.306 e. The zero-order valence-corrected chi connectivity index (χ0v) is 20.7. The first kappa shape index (κ1) is 25.4. The zero-order chi connectivity index (χ0) is 25.7. The summed E-state index contributed by atoms with van der Waals surface area (Å²) in [4.78, 5) is 11.3. The second-order valence-electron chi connectivity index (χ2n) is 9.14. The molecule has 6 nitrogen and oxygen atoms in total. The van der Waals surface area contributed by atoms with E-state index in [1.165, 1.54) is 0 Å². The largest absolute Gasteiger partial charge is 0.481 e. The van der Waals surface area contributed by atoms with Gasteiger partial charge in [-0.05, 0) is 35.1 Å². The Balaban J connectivity index is 1.46. The molecule has 36 heavy (non-hydrogen) atoms. The van der Waals surface area contributed by atoms with Crippen molar-refractivity contribution in [2.75, 3.05) is 6.61 Å². The summed E-state index contributed by atoms with van der Waals surface area (Å²) in [6.07, 6.45) is -0.864. The van der Waals surface area contributed by atoms with Crippen molar-refractivity contribution in [3.05, 3.63) is 101 Å². The van der Waals surface area contributed by atoms with Crippen molar-refractivity contribution in [3.63, 3.8) is 0 Å². The molecule has 0 saturated carbocycles. The number of rotatable bonds is 10. The summed E-state index contributed by atoms with van der Waals surface area (Å²) in [6.45, 7) is 6.02. The number of ether oxygens (including phenoxy) is 1.